The average molecular weight is 330 g/mol. The molecule has 1 heterocycles. The molecule has 1 rings (SSSR count). The van der Waals surface area contributed by atoms with E-state index in [2.05, 4.69) is 15.4 Å². The van der Waals surface area contributed by atoms with E-state index in [1.807, 2.05) is 0 Å². The van der Waals surface area contributed by atoms with Crippen LogP contribution in [0.5, 0.6) is 0 Å². The number of amides is 1. The largest absolute Gasteiger partial charge is 0.465 e. The molecule has 0 bridgehead atoms. The molecule has 114 valence electrons. The molecule has 1 amide bonds. The van der Waals surface area contributed by atoms with E-state index in [0.29, 0.717) is 5.56 Å². The van der Waals surface area contributed by atoms with Crippen molar-refractivity contribution in [3.05, 3.63) is 15.8 Å². The Kier molecular flexibility index (Phi) is 5.48. The van der Waals surface area contributed by atoms with Gasteiger partial charge in [-0.3, -0.25) is 4.79 Å². The van der Waals surface area contributed by atoms with Gasteiger partial charge in [0, 0.05) is 6.42 Å². The summed E-state index contributed by atoms with van der Waals surface area (Å²) in [6.07, 6.45) is 4.88. The number of terminal acetylenes is 1. The van der Waals surface area contributed by atoms with Crippen LogP contribution in [-0.2, 0) is 19.6 Å². The number of carbonyl (C=O) groups excluding carboxylic acids is 2. The lowest BCUT2D eigenvalue weighted by atomic mass is 10.2. The fourth-order valence-corrected chi connectivity index (χ4v) is 4.48. The van der Waals surface area contributed by atoms with Crippen molar-refractivity contribution in [2.75, 3.05) is 7.11 Å². The summed E-state index contributed by atoms with van der Waals surface area (Å²) >= 11 is 0.934. The van der Waals surface area contributed by atoms with Crippen LogP contribution in [0.25, 0.3) is 0 Å². The predicted octanol–water partition coefficient (Wildman–Crippen LogP) is -0.00138. The lowest BCUT2D eigenvalue weighted by Gasteiger charge is -2.14. The topological polar surface area (TPSA) is 116 Å². The summed E-state index contributed by atoms with van der Waals surface area (Å²) in [6.45, 7) is 1.53. The molecule has 0 aliphatic rings. The predicted molar refractivity (Wildman–Crippen MR) is 77.1 cm³/mol. The van der Waals surface area contributed by atoms with E-state index >= 15 is 0 Å². The van der Waals surface area contributed by atoms with Gasteiger partial charge in [-0.15, -0.1) is 23.7 Å². The molecule has 0 aliphatic carbocycles. The number of sulfonamides is 1. The van der Waals surface area contributed by atoms with Gasteiger partial charge in [-0.05, 0) is 17.9 Å². The van der Waals surface area contributed by atoms with Crippen LogP contribution in [0, 0.1) is 19.3 Å². The van der Waals surface area contributed by atoms with Crippen molar-refractivity contribution >= 4 is 33.2 Å². The van der Waals surface area contributed by atoms with Gasteiger partial charge in [-0.25, -0.2) is 13.2 Å². The van der Waals surface area contributed by atoms with Gasteiger partial charge < -0.3 is 10.5 Å². The molecule has 0 fully saturated rings. The highest BCUT2D eigenvalue weighted by molar-refractivity contribution is 7.89. The van der Waals surface area contributed by atoms with Crippen molar-refractivity contribution in [1.82, 2.24) is 4.72 Å². The molecule has 0 aromatic carbocycles. The molecule has 0 aliphatic heterocycles. The number of esters is 1. The monoisotopic (exact) mass is 330 g/mol. The summed E-state index contributed by atoms with van der Waals surface area (Å²) < 4.78 is 31.4. The van der Waals surface area contributed by atoms with Gasteiger partial charge >= 0.3 is 5.97 Å². The van der Waals surface area contributed by atoms with Crippen molar-refractivity contribution < 1.29 is 22.7 Å². The first-order valence-electron chi connectivity index (χ1n) is 5.66. The number of carbonyl (C=O) groups is 2. The number of hydrogen-bond donors (Lipinski definition) is 2. The summed E-state index contributed by atoms with van der Waals surface area (Å²) in [7, 11) is -2.99. The maximum Gasteiger partial charge on any atom is 0.349 e. The molecule has 0 spiro atoms. The minimum atomic E-state index is -4.14. The Bertz CT molecular complexity index is 700. The Hall–Kier alpha value is -1.89. The van der Waals surface area contributed by atoms with E-state index in [1.165, 1.54) is 12.3 Å². The third kappa shape index (κ3) is 3.81. The average Bonchev–Trinajstić information content (AvgIpc) is 2.79. The van der Waals surface area contributed by atoms with Crippen molar-refractivity contribution in [3.63, 3.8) is 0 Å². The highest BCUT2D eigenvalue weighted by atomic mass is 32.2. The van der Waals surface area contributed by atoms with Gasteiger partial charge in [0.15, 0.2) is 0 Å². The van der Waals surface area contributed by atoms with E-state index in [4.69, 9.17) is 12.2 Å². The second kappa shape index (κ2) is 6.71. The number of ether oxygens (including phenoxy) is 1. The number of hydrogen-bond acceptors (Lipinski definition) is 6. The van der Waals surface area contributed by atoms with Crippen LogP contribution in [0.1, 0.15) is 21.7 Å². The number of primary amides is 1. The van der Waals surface area contributed by atoms with E-state index < -0.39 is 27.9 Å². The molecular formula is C12H14N2O5S2. The van der Waals surface area contributed by atoms with Gasteiger partial charge in [0.1, 0.15) is 15.8 Å². The van der Waals surface area contributed by atoms with Crippen LogP contribution in [0.2, 0.25) is 0 Å². The van der Waals surface area contributed by atoms with Gasteiger partial charge in [-0.1, -0.05) is 0 Å². The van der Waals surface area contributed by atoms with E-state index in [1.54, 1.807) is 0 Å². The molecular weight excluding hydrogens is 316 g/mol. The third-order valence-electron chi connectivity index (χ3n) is 2.52. The van der Waals surface area contributed by atoms with Gasteiger partial charge in [0.25, 0.3) is 0 Å². The maximum atomic E-state index is 12.4. The van der Waals surface area contributed by atoms with Crippen molar-refractivity contribution in [2.24, 2.45) is 5.73 Å². The number of methoxy groups -OCH3 is 1. The van der Waals surface area contributed by atoms with Crippen LogP contribution in [0.15, 0.2) is 10.3 Å². The maximum absolute atomic E-state index is 12.4. The zero-order chi connectivity index (χ0) is 16.2. The number of nitrogens with one attached hydrogen (secondary N) is 1. The van der Waals surface area contributed by atoms with Gasteiger partial charge in [-0.2, -0.15) is 4.72 Å². The lowest BCUT2D eigenvalue weighted by Crippen LogP contribution is -2.44. The molecule has 9 heteroatoms. The second-order valence-electron chi connectivity index (χ2n) is 4.05. The van der Waals surface area contributed by atoms with E-state index in [9.17, 15) is 18.0 Å². The molecule has 1 atom stereocenters. The summed E-state index contributed by atoms with van der Waals surface area (Å²) in [5.41, 5.74) is 5.45. The van der Waals surface area contributed by atoms with Crippen LogP contribution in [0.3, 0.4) is 0 Å². The highest BCUT2D eigenvalue weighted by Gasteiger charge is 2.30. The second-order valence-corrected chi connectivity index (χ2v) is 6.58. The van der Waals surface area contributed by atoms with Gasteiger partial charge in [0.05, 0.1) is 7.11 Å². The molecule has 0 radical (unpaired) electrons. The van der Waals surface area contributed by atoms with Crippen molar-refractivity contribution in [2.45, 2.75) is 24.3 Å². The number of rotatable bonds is 6. The zero-order valence-electron chi connectivity index (χ0n) is 11.4. The lowest BCUT2D eigenvalue weighted by molar-refractivity contribution is -0.119. The van der Waals surface area contributed by atoms with Crippen LogP contribution in [-0.4, -0.2) is 33.4 Å². The Morgan fingerprint density at radius 3 is 2.67 bits per heavy atom. The van der Waals surface area contributed by atoms with E-state index in [-0.39, 0.29) is 16.2 Å². The first kappa shape index (κ1) is 17.2. The standard InChI is InChI=1S/C12H14N2O5S2/c1-4-5-8(11(13)15)14-21(17,18)10-7(2)6-20-9(10)12(16)19-3/h1,6,8,14H,5H2,2-3H3,(H2,13,15)/t8-/m0/s1. The van der Waals surface area contributed by atoms with Crippen molar-refractivity contribution in [1.29, 1.82) is 0 Å². The Labute approximate surface area is 126 Å². The van der Waals surface area contributed by atoms with Gasteiger partial charge in [0.2, 0.25) is 15.9 Å². The molecule has 1 aromatic heterocycles. The smallest absolute Gasteiger partial charge is 0.349 e. The molecule has 3 N–H and O–H groups in total. The molecule has 21 heavy (non-hydrogen) atoms. The first-order valence-corrected chi connectivity index (χ1v) is 8.02. The Morgan fingerprint density at radius 2 is 2.19 bits per heavy atom. The molecule has 7 nitrogen and oxygen atoms in total. The van der Waals surface area contributed by atoms with Crippen LogP contribution in [0.4, 0.5) is 0 Å². The fourth-order valence-electron chi connectivity index (χ4n) is 1.57. The minimum Gasteiger partial charge on any atom is -0.465 e. The molecule has 0 saturated heterocycles. The molecule has 0 saturated carbocycles. The quantitative estimate of drug-likeness (QED) is 0.562. The minimum absolute atomic E-state index is 0.0774. The number of thiophene rings is 1. The Balaban J connectivity index is 3.26. The van der Waals surface area contributed by atoms with Crippen LogP contribution >= 0.6 is 11.3 Å². The highest BCUT2D eigenvalue weighted by Crippen LogP contribution is 2.27. The Morgan fingerprint density at radius 1 is 1.57 bits per heavy atom. The number of aryl methyl sites for hydroxylation is 1. The molecule has 1 aromatic rings. The zero-order valence-corrected chi connectivity index (χ0v) is 13.0. The van der Waals surface area contributed by atoms with Crippen molar-refractivity contribution in [3.8, 4) is 12.3 Å². The fraction of sp³-hybridized carbons (Fsp3) is 0.333. The van der Waals surface area contributed by atoms with E-state index in [0.717, 1.165) is 18.4 Å². The third-order valence-corrected chi connectivity index (χ3v) is 5.39. The SMILES string of the molecule is C#CC[C@H](NS(=O)(=O)c1c(C)csc1C(=O)OC)C(N)=O. The summed E-state index contributed by atoms with van der Waals surface area (Å²) in [5, 5.41) is 1.50. The first-order chi connectivity index (χ1) is 9.74. The summed E-state index contributed by atoms with van der Waals surface area (Å²) in [6, 6.07) is -1.25. The number of nitrogens with two attached hydrogens (primary N) is 1. The normalized spacial score (nSPS) is 12.4. The van der Waals surface area contributed by atoms with Crippen LogP contribution < -0.4 is 10.5 Å². The molecule has 0 unspecified atom stereocenters. The summed E-state index contributed by atoms with van der Waals surface area (Å²) in [4.78, 5) is 22.5. The summed E-state index contributed by atoms with van der Waals surface area (Å²) in [5.74, 6) is 0.488.